The Balaban J connectivity index is 6.45. The predicted molar refractivity (Wildman–Crippen MR) is 228 cm³/mol. The summed E-state index contributed by atoms with van der Waals surface area (Å²) in [7, 11) is 0. The lowest BCUT2D eigenvalue weighted by molar-refractivity contribution is -0.142. The van der Waals surface area contributed by atoms with Crippen molar-refractivity contribution in [2.24, 2.45) is 34.0 Å². The van der Waals surface area contributed by atoms with Gasteiger partial charge in [-0.2, -0.15) is 0 Å². The van der Waals surface area contributed by atoms with Crippen LogP contribution in [0.4, 0.5) is 0 Å². The summed E-state index contributed by atoms with van der Waals surface area (Å²) >= 11 is 0. The summed E-state index contributed by atoms with van der Waals surface area (Å²) in [5.74, 6) is -8.84. The molecule has 0 bridgehead atoms. The molecule has 0 aliphatic rings. The normalized spacial score (nSPS) is 15.5. The Hall–Kier alpha value is -5.83. The molecule has 0 fully saturated rings. The smallest absolute Gasteiger partial charge is 0.325 e. The van der Waals surface area contributed by atoms with Gasteiger partial charge in [0.1, 0.15) is 36.3 Å². The van der Waals surface area contributed by atoms with Gasteiger partial charge >= 0.3 is 11.9 Å². The van der Waals surface area contributed by atoms with E-state index in [1.165, 1.54) is 13.8 Å². The van der Waals surface area contributed by atoms with E-state index in [4.69, 9.17) is 17.2 Å². The average molecular weight is 865 g/mol. The fourth-order valence-corrected chi connectivity index (χ4v) is 5.49. The fraction of sp³-hybridized carbons (Fsp3) is 0.625. The van der Waals surface area contributed by atoms with Crippen LogP contribution in [0.15, 0.2) is 40.9 Å². The van der Waals surface area contributed by atoms with E-state index in [1.807, 2.05) is 0 Å². The lowest BCUT2D eigenvalue weighted by atomic mass is 9.99. The second-order valence-electron chi connectivity index (χ2n) is 15.6. The van der Waals surface area contributed by atoms with Gasteiger partial charge in [-0.15, -0.1) is 0 Å². The van der Waals surface area contributed by atoms with Crippen molar-refractivity contribution < 1.29 is 53.7 Å². The first-order chi connectivity index (χ1) is 28.3. The first-order valence-corrected chi connectivity index (χ1v) is 20.1. The number of nitrogens with zero attached hydrogens (tertiary/aromatic N) is 1. The Kier molecular flexibility index (Phi) is 25.2. The van der Waals surface area contributed by atoms with E-state index in [-0.39, 0.29) is 37.7 Å². The van der Waals surface area contributed by atoms with Gasteiger partial charge in [0, 0.05) is 19.4 Å². The summed E-state index contributed by atoms with van der Waals surface area (Å²) in [6.45, 7) is 16.6. The van der Waals surface area contributed by atoms with Gasteiger partial charge in [0.05, 0.1) is 12.1 Å². The number of aliphatic hydroxyl groups is 1. The first kappa shape index (κ1) is 55.2. The number of rotatable bonds is 28. The van der Waals surface area contributed by atoms with Crippen LogP contribution < -0.4 is 49.1 Å². The SMILES string of the molecule is C=C(C)/C=C\C(=C/C)CC(NC(=O)[C@H](N)CCCN=C(N)N)C(=O)NC(C(=O)NC(C(=O)N[C@H](CCC(=O)O)C(=O)NC(CC(C)C)C(=O)N[C@H](C)C(=O)O)C(C)C)[C@@H](C)O. The number of carbonyl (C=O) groups excluding carboxylic acids is 6. The Labute approximate surface area is 357 Å². The van der Waals surface area contributed by atoms with Gasteiger partial charge in [0.15, 0.2) is 5.96 Å². The summed E-state index contributed by atoms with van der Waals surface area (Å²) in [5, 5.41) is 44.1. The van der Waals surface area contributed by atoms with Crippen molar-refractivity contribution in [3.63, 3.8) is 0 Å². The van der Waals surface area contributed by atoms with Gasteiger partial charge in [-0.25, -0.2) is 0 Å². The zero-order chi connectivity index (χ0) is 47.1. The molecule has 0 aliphatic carbocycles. The number of aliphatic carboxylic acids is 2. The zero-order valence-corrected chi connectivity index (χ0v) is 36.4. The number of carbonyl (C=O) groups is 8. The van der Waals surface area contributed by atoms with Gasteiger partial charge in [-0.1, -0.05) is 58.1 Å². The highest BCUT2D eigenvalue weighted by Crippen LogP contribution is 2.13. The van der Waals surface area contributed by atoms with E-state index in [0.717, 1.165) is 0 Å². The van der Waals surface area contributed by atoms with Gasteiger partial charge in [0.2, 0.25) is 35.4 Å². The minimum atomic E-state index is -1.68. The maximum atomic E-state index is 13.8. The molecule has 0 aromatic rings. The molecule has 0 spiro atoms. The third kappa shape index (κ3) is 22.4. The van der Waals surface area contributed by atoms with Crippen LogP contribution in [0.3, 0.4) is 0 Å². The molecule has 0 aromatic heterocycles. The van der Waals surface area contributed by atoms with Crippen LogP contribution in [-0.4, -0.2) is 124 Å². The van der Waals surface area contributed by atoms with E-state index in [0.29, 0.717) is 17.6 Å². The number of aliphatic hydroxyl groups excluding tert-OH is 1. The summed E-state index contributed by atoms with van der Waals surface area (Å²) in [5.41, 5.74) is 18.1. The molecule has 0 saturated heterocycles. The number of carboxylic acid groups (broad SMARTS) is 2. The van der Waals surface area contributed by atoms with E-state index >= 15 is 0 Å². The monoisotopic (exact) mass is 865 g/mol. The van der Waals surface area contributed by atoms with Crippen molar-refractivity contribution in [2.75, 3.05) is 6.54 Å². The summed E-state index contributed by atoms with van der Waals surface area (Å²) < 4.78 is 0. The first-order valence-electron chi connectivity index (χ1n) is 20.1. The Morgan fingerprint density at radius 3 is 1.72 bits per heavy atom. The van der Waals surface area contributed by atoms with E-state index in [1.54, 1.807) is 59.8 Å². The Morgan fingerprint density at radius 2 is 1.23 bits per heavy atom. The predicted octanol–water partition coefficient (Wildman–Crippen LogP) is -1.20. The number of carboxylic acids is 2. The summed E-state index contributed by atoms with van der Waals surface area (Å²) in [4.78, 5) is 108. The number of hydrogen-bond donors (Lipinski definition) is 12. The highest BCUT2D eigenvalue weighted by Gasteiger charge is 2.36. The molecular formula is C40H68N10O11. The number of aliphatic imine (C=N–C) groups is 1. The number of guanidine groups is 1. The molecular weight excluding hydrogens is 796 g/mol. The van der Waals surface area contributed by atoms with Crippen molar-refractivity contribution in [3.8, 4) is 0 Å². The minimum absolute atomic E-state index is 0.0676. The fourth-order valence-electron chi connectivity index (χ4n) is 5.49. The number of nitrogens with two attached hydrogens (primary N) is 3. The minimum Gasteiger partial charge on any atom is -0.481 e. The average Bonchev–Trinajstić information content (AvgIpc) is 3.15. The number of allylic oxidation sites excluding steroid dienone is 4. The largest absolute Gasteiger partial charge is 0.481 e. The quantitative estimate of drug-likeness (QED) is 0.0190. The molecule has 8 atom stereocenters. The van der Waals surface area contributed by atoms with Gasteiger partial charge in [0.25, 0.3) is 0 Å². The van der Waals surface area contributed by atoms with Crippen LogP contribution in [0.2, 0.25) is 0 Å². The second-order valence-corrected chi connectivity index (χ2v) is 15.6. The van der Waals surface area contributed by atoms with Crippen molar-refractivity contribution in [1.82, 2.24) is 31.9 Å². The lowest BCUT2D eigenvalue weighted by Crippen LogP contribution is -2.62. The van der Waals surface area contributed by atoms with Crippen LogP contribution in [0.25, 0.3) is 0 Å². The molecule has 0 aromatic carbocycles. The van der Waals surface area contributed by atoms with Gasteiger partial charge < -0.3 is 64.4 Å². The van der Waals surface area contributed by atoms with Crippen molar-refractivity contribution in [1.29, 1.82) is 0 Å². The molecule has 0 heterocycles. The molecule has 4 unspecified atom stereocenters. The summed E-state index contributed by atoms with van der Waals surface area (Å²) in [6.07, 6.45) is 3.07. The maximum absolute atomic E-state index is 13.8. The maximum Gasteiger partial charge on any atom is 0.325 e. The van der Waals surface area contributed by atoms with Crippen molar-refractivity contribution in [2.45, 2.75) is 142 Å². The molecule has 6 amide bonds. The molecule has 0 rings (SSSR count). The number of amides is 6. The van der Waals surface area contributed by atoms with Crippen LogP contribution in [0, 0.1) is 11.8 Å². The van der Waals surface area contributed by atoms with Crippen LogP contribution in [0.1, 0.15) is 93.9 Å². The highest BCUT2D eigenvalue weighted by molar-refractivity contribution is 5.97. The van der Waals surface area contributed by atoms with E-state index in [9.17, 15) is 53.7 Å². The molecule has 0 radical (unpaired) electrons. The van der Waals surface area contributed by atoms with Gasteiger partial charge in [-0.05, 0) is 70.8 Å². The molecule has 344 valence electrons. The topological polar surface area (TPSA) is 360 Å². The lowest BCUT2D eigenvalue weighted by Gasteiger charge is -2.29. The summed E-state index contributed by atoms with van der Waals surface area (Å²) in [6, 6.07) is -9.53. The molecule has 0 saturated carbocycles. The second kappa shape index (κ2) is 27.8. The number of hydrogen-bond acceptors (Lipinski definition) is 11. The molecule has 21 heteroatoms. The van der Waals surface area contributed by atoms with E-state index < -0.39 is 115 Å². The number of nitrogens with one attached hydrogen (secondary N) is 6. The Morgan fingerprint density at radius 1 is 0.705 bits per heavy atom. The van der Waals surface area contributed by atoms with E-state index in [2.05, 4.69) is 43.5 Å². The van der Waals surface area contributed by atoms with Crippen LogP contribution in [-0.2, 0) is 38.4 Å². The third-order valence-corrected chi connectivity index (χ3v) is 8.99. The van der Waals surface area contributed by atoms with Gasteiger partial charge in [-0.3, -0.25) is 43.3 Å². The Bertz CT molecular complexity index is 1640. The zero-order valence-electron chi connectivity index (χ0n) is 36.4. The molecule has 15 N–H and O–H groups in total. The molecule has 0 aliphatic heterocycles. The molecule has 21 nitrogen and oxygen atoms in total. The van der Waals surface area contributed by atoms with Crippen molar-refractivity contribution in [3.05, 3.63) is 36.0 Å². The third-order valence-electron chi connectivity index (χ3n) is 8.99. The highest BCUT2D eigenvalue weighted by atomic mass is 16.4. The van der Waals surface area contributed by atoms with Crippen molar-refractivity contribution >= 4 is 53.3 Å². The van der Waals surface area contributed by atoms with Crippen LogP contribution in [0.5, 0.6) is 0 Å². The molecule has 61 heavy (non-hydrogen) atoms. The van der Waals surface area contributed by atoms with Crippen LogP contribution >= 0.6 is 0 Å². The standard InChI is InChI=1S/C40H68N10O11/c1-10-25(14-13-20(2)3)19-29(47-33(54)26(41)12-11-17-44-40(42)43)36(57)50-32(24(9)51)38(59)49-31(22(6)7)37(58)46-27(15-16-30(52)53)34(55)48-28(18-21(4)5)35(56)45-23(8)39(60)61/h10,13-14,21-24,26-29,31-32,51H,2,11-12,15-19,41H2,1,3-9H3,(H,45,56)(H,46,58)(H,47,54)(H,48,55)(H,49,59)(H,50,57)(H,52,53)(H,60,61)(H4,42,43,44)/b14-13-,25-10+/t23-,24-,26-,27-,28?,29?,31?,32?/m1/s1.